The van der Waals surface area contributed by atoms with Gasteiger partial charge < -0.3 is 4.90 Å². The van der Waals surface area contributed by atoms with Gasteiger partial charge in [-0.05, 0) is 67.2 Å². The second-order valence-corrected chi connectivity index (χ2v) is 6.57. The van der Waals surface area contributed by atoms with Gasteiger partial charge >= 0.3 is 0 Å². The molecule has 3 saturated carbocycles. The van der Waals surface area contributed by atoms with E-state index in [9.17, 15) is 4.79 Å². The van der Waals surface area contributed by atoms with Crippen LogP contribution in [-0.2, 0) is 4.79 Å². The molecule has 3 nitrogen and oxygen atoms in total. The average molecular weight is 266 g/mol. The summed E-state index contributed by atoms with van der Waals surface area (Å²) < 4.78 is 0. The summed E-state index contributed by atoms with van der Waals surface area (Å²) in [6.07, 6.45) is 4.06. The zero-order chi connectivity index (χ0) is 13.9. The fraction of sp³-hybridized carbons (Fsp3) is 0.529. The van der Waals surface area contributed by atoms with Gasteiger partial charge in [-0.25, -0.2) is 0 Å². The fourth-order valence-electron chi connectivity index (χ4n) is 4.77. The molecule has 2 bridgehead atoms. The largest absolute Gasteiger partial charge is 0.315 e. The van der Waals surface area contributed by atoms with E-state index in [-0.39, 0.29) is 11.8 Å². The highest BCUT2D eigenvalue weighted by atomic mass is 16.2. The summed E-state index contributed by atoms with van der Waals surface area (Å²) >= 11 is 0. The van der Waals surface area contributed by atoms with Crippen LogP contribution in [0.15, 0.2) is 24.3 Å². The number of rotatable bonds is 2. The van der Waals surface area contributed by atoms with Gasteiger partial charge in [-0.2, -0.15) is 5.26 Å². The van der Waals surface area contributed by atoms with Crippen LogP contribution in [0.3, 0.4) is 0 Å². The third-order valence-electron chi connectivity index (χ3n) is 5.73. The lowest BCUT2D eigenvalue weighted by Gasteiger charge is -2.19. The SMILES string of the molecule is CN(C(=O)C1C2C3CCC(C3)C12)c1ccc(C#N)cc1. The van der Waals surface area contributed by atoms with Crippen molar-refractivity contribution in [1.82, 2.24) is 0 Å². The molecule has 0 spiro atoms. The lowest BCUT2D eigenvalue weighted by atomic mass is 10.0. The lowest BCUT2D eigenvalue weighted by molar-refractivity contribution is -0.120. The van der Waals surface area contributed by atoms with E-state index >= 15 is 0 Å². The first kappa shape index (κ1) is 12.0. The minimum absolute atomic E-state index is 0.279. The highest BCUT2D eigenvalue weighted by molar-refractivity contribution is 5.97. The molecule has 3 fully saturated rings. The molecule has 0 aliphatic heterocycles. The Morgan fingerprint density at radius 3 is 2.35 bits per heavy atom. The molecule has 4 rings (SSSR count). The quantitative estimate of drug-likeness (QED) is 0.826. The zero-order valence-electron chi connectivity index (χ0n) is 11.6. The molecule has 4 atom stereocenters. The Kier molecular flexibility index (Phi) is 2.44. The Morgan fingerprint density at radius 1 is 1.20 bits per heavy atom. The Morgan fingerprint density at radius 2 is 1.80 bits per heavy atom. The van der Waals surface area contributed by atoms with Crippen LogP contribution >= 0.6 is 0 Å². The van der Waals surface area contributed by atoms with Crippen LogP contribution in [0.2, 0.25) is 0 Å². The van der Waals surface area contributed by atoms with E-state index in [2.05, 4.69) is 6.07 Å². The molecule has 1 amide bonds. The van der Waals surface area contributed by atoms with Gasteiger partial charge in [0.05, 0.1) is 11.6 Å². The van der Waals surface area contributed by atoms with Crippen molar-refractivity contribution in [3.63, 3.8) is 0 Å². The summed E-state index contributed by atoms with van der Waals surface area (Å²) in [5.41, 5.74) is 1.53. The molecule has 3 heteroatoms. The molecule has 4 unspecified atom stereocenters. The molecule has 20 heavy (non-hydrogen) atoms. The number of amides is 1. The van der Waals surface area contributed by atoms with Crippen LogP contribution in [0.1, 0.15) is 24.8 Å². The van der Waals surface area contributed by atoms with Crippen molar-refractivity contribution < 1.29 is 4.79 Å². The first-order valence-corrected chi connectivity index (χ1v) is 7.48. The molecule has 0 saturated heterocycles. The normalized spacial score (nSPS) is 36.3. The summed E-state index contributed by atoms with van der Waals surface area (Å²) in [4.78, 5) is 14.4. The molecule has 0 radical (unpaired) electrons. The van der Waals surface area contributed by atoms with Crippen molar-refractivity contribution in [2.75, 3.05) is 11.9 Å². The Labute approximate surface area is 119 Å². The number of fused-ring (bicyclic) bond motifs is 5. The van der Waals surface area contributed by atoms with Crippen LogP contribution in [0.5, 0.6) is 0 Å². The predicted molar refractivity (Wildman–Crippen MR) is 75.9 cm³/mol. The number of nitrogens with zero attached hydrogens (tertiary/aromatic N) is 2. The molecule has 1 aromatic carbocycles. The maximum atomic E-state index is 12.7. The molecule has 3 aliphatic carbocycles. The van der Waals surface area contributed by atoms with Crippen molar-refractivity contribution >= 4 is 11.6 Å². The maximum absolute atomic E-state index is 12.7. The molecular formula is C17H18N2O. The van der Waals surface area contributed by atoms with Gasteiger partial charge in [0.25, 0.3) is 0 Å². The number of carbonyl (C=O) groups excluding carboxylic acids is 1. The minimum atomic E-state index is 0.279. The van der Waals surface area contributed by atoms with E-state index in [1.807, 2.05) is 19.2 Å². The second kappa shape index (κ2) is 4.09. The highest BCUT2D eigenvalue weighted by Crippen LogP contribution is 2.69. The predicted octanol–water partition coefficient (Wildman–Crippen LogP) is 2.81. The maximum Gasteiger partial charge on any atom is 0.230 e. The van der Waals surface area contributed by atoms with Crippen molar-refractivity contribution in [1.29, 1.82) is 5.26 Å². The van der Waals surface area contributed by atoms with Crippen molar-refractivity contribution in [2.45, 2.75) is 19.3 Å². The van der Waals surface area contributed by atoms with Gasteiger partial charge in [-0.3, -0.25) is 4.79 Å². The Hall–Kier alpha value is -1.82. The molecule has 1 aromatic rings. The van der Waals surface area contributed by atoms with Crippen LogP contribution in [-0.4, -0.2) is 13.0 Å². The van der Waals surface area contributed by atoms with E-state index in [0.29, 0.717) is 17.4 Å². The monoisotopic (exact) mass is 266 g/mol. The Bertz CT molecular complexity index is 584. The lowest BCUT2D eigenvalue weighted by Crippen LogP contribution is -2.30. The van der Waals surface area contributed by atoms with Crippen LogP contribution in [0.4, 0.5) is 5.69 Å². The second-order valence-electron chi connectivity index (χ2n) is 6.57. The van der Waals surface area contributed by atoms with E-state index < -0.39 is 0 Å². The van der Waals surface area contributed by atoms with E-state index in [1.54, 1.807) is 17.0 Å². The summed E-state index contributed by atoms with van der Waals surface area (Å²) in [5.74, 6) is 3.58. The highest BCUT2D eigenvalue weighted by Gasteiger charge is 2.67. The standard InChI is InChI=1S/C17H18N2O/c1-19(13-6-2-10(9-18)3-7-13)17(20)16-14-11-4-5-12(8-11)15(14)16/h2-3,6-7,11-12,14-16H,4-5,8H2,1H3. The summed E-state index contributed by atoms with van der Waals surface area (Å²) in [6, 6.07) is 9.38. The van der Waals surface area contributed by atoms with Gasteiger partial charge in [-0.1, -0.05) is 0 Å². The van der Waals surface area contributed by atoms with E-state index in [0.717, 1.165) is 17.5 Å². The molecule has 0 N–H and O–H groups in total. The number of nitriles is 1. The van der Waals surface area contributed by atoms with Gasteiger partial charge in [0, 0.05) is 18.7 Å². The fourth-order valence-corrected chi connectivity index (χ4v) is 4.77. The minimum Gasteiger partial charge on any atom is -0.315 e. The van der Waals surface area contributed by atoms with Crippen molar-refractivity contribution in [2.24, 2.45) is 29.6 Å². The van der Waals surface area contributed by atoms with Crippen molar-refractivity contribution in [3.8, 4) is 6.07 Å². The van der Waals surface area contributed by atoms with E-state index in [4.69, 9.17) is 5.26 Å². The van der Waals surface area contributed by atoms with Gasteiger partial charge in [-0.15, -0.1) is 0 Å². The smallest absolute Gasteiger partial charge is 0.230 e. The Balaban J connectivity index is 1.50. The van der Waals surface area contributed by atoms with Gasteiger partial charge in [0.1, 0.15) is 0 Å². The topological polar surface area (TPSA) is 44.1 Å². The van der Waals surface area contributed by atoms with Crippen LogP contribution < -0.4 is 4.90 Å². The van der Waals surface area contributed by atoms with Gasteiger partial charge in [0.15, 0.2) is 0 Å². The number of hydrogen-bond acceptors (Lipinski definition) is 2. The van der Waals surface area contributed by atoms with E-state index in [1.165, 1.54) is 19.3 Å². The number of anilines is 1. The third kappa shape index (κ3) is 1.54. The number of hydrogen-bond donors (Lipinski definition) is 0. The summed E-state index contributed by atoms with van der Waals surface area (Å²) in [6.45, 7) is 0. The zero-order valence-corrected chi connectivity index (χ0v) is 11.6. The first-order chi connectivity index (χ1) is 9.70. The van der Waals surface area contributed by atoms with Gasteiger partial charge in [0.2, 0.25) is 5.91 Å². The number of carbonyl (C=O) groups is 1. The molecule has 0 aromatic heterocycles. The van der Waals surface area contributed by atoms with Crippen molar-refractivity contribution in [3.05, 3.63) is 29.8 Å². The summed E-state index contributed by atoms with van der Waals surface area (Å²) in [7, 11) is 1.86. The molecule has 102 valence electrons. The van der Waals surface area contributed by atoms with Crippen LogP contribution in [0.25, 0.3) is 0 Å². The third-order valence-corrected chi connectivity index (χ3v) is 5.73. The first-order valence-electron chi connectivity index (χ1n) is 7.48. The molecule has 0 heterocycles. The number of benzene rings is 1. The molecular weight excluding hydrogens is 248 g/mol. The average Bonchev–Trinajstić information content (AvgIpc) is 2.93. The molecule has 3 aliphatic rings. The van der Waals surface area contributed by atoms with Crippen LogP contribution in [0, 0.1) is 40.9 Å². The summed E-state index contributed by atoms with van der Waals surface area (Å²) in [5, 5.41) is 8.82.